The van der Waals surface area contributed by atoms with Crippen LogP contribution in [0.1, 0.15) is 156 Å². The lowest BCUT2D eigenvalue weighted by Crippen LogP contribution is -2.30. The summed E-state index contributed by atoms with van der Waals surface area (Å²) in [6.07, 6.45) is 78.8. The predicted molar refractivity (Wildman–Crippen MR) is 283 cm³/mol. The van der Waals surface area contributed by atoms with Gasteiger partial charge in [-0.25, -0.2) is 0 Å². The molecule has 1 atom stereocenters. The number of hydrogen-bond donors (Lipinski definition) is 0. The Bertz CT molecular complexity index is 1650. The maximum absolute atomic E-state index is 12.8. The van der Waals surface area contributed by atoms with Crippen LogP contribution in [0.15, 0.2) is 182 Å². The molecular weight excluding hydrogens is 817 g/mol. The molecule has 0 aliphatic carbocycles. The van der Waals surface area contributed by atoms with Crippen molar-refractivity contribution in [3.63, 3.8) is 0 Å². The molecule has 0 aliphatic heterocycles. The number of esters is 3. The van der Waals surface area contributed by atoms with Gasteiger partial charge in [-0.15, -0.1) is 0 Å². The topological polar surface area (TPSA) is 78.9 Å². The first-order valence-corrected chi connectivity index (χ1v) is 24.9. The summed E-state index contributed by atoms with van der Waals surface area (Å²) < 4.78 is 16.6. The van der Waals surface area contributed by atoms with Crippen LogP contribution in [0.2, 0.25) is 0 Å². The van der Waals surface area contributed by atoms with Gasteiger partial charge in [-0.2, -0.15) is 0 Å². The highest BCUT2D eigenvalue weighted by Crippen LogP contribution is 2.10. The van der Waals surface area contributed by atoms with Crippen LogP contribution in [0, 0.1) is 0 Å². The monoisotopic (exact) mass is 903 g/mol. The summed E-state index contributed by atoms with van der Waals surface area (Å²) in [5.74, 6) is -1.13. The first-order valence-electron chi connectivity index (χ1n) is 24.9. The SMILES string of the molecule is CC\C=C/C=C\C=C/C=C\C=C/CCCC(=O)OCC(COC(=O)CCCCCCC\C=C/C=C\C=C/C=C\C=C/CCC)OC(=O)CCC/C=C\C/C=C\C/C=C\C/C=C\C/C=C\CC. The van der Waals surface area contributed by atoms with Crippen molar-refractivity contribution < 1.29 is 28.6 Å². The zero-order valence-corrected chi connectivity index (χ0v) is 41.1. The van der Waals surface area contributed by atoms with Gasteiger partial charge in [-0.1, -0.05) is 229 Å². The van der Waals surface area contributed by atoms with E-state index < -0.39 is 12.1 Å². The average Bonchev–Trinajstić information content (AvgIpc) is 3.31. The fourth-order valence-electron chi connectivity index (χ4n) is 5.71. The van der Waals surface area contributed by atoms with Crippen molar-refractivity contribution in [2.24, 2.45) is 0 Å². The van der Waals surface area contributed by atoms with Crippen molar-refractivity contribution in [2.45, 2.75) is 162 Å². The first-order chi connectivity index (χ1) is 32.5. The van der Waals surface area contributed by atoms with Crippen LogP contribution in [0.4, 0.5) is 0 Å². The van der Waals surface area contributed by atoms with Crippen LogP contribution in [0.25, 0.3) is 0 Å². The van der Waals surface area contributed by atoms with E-state index in [2.05, 4.69) is 112 Å². The van der Waals surface area contributed by atoms with Crippen LogP contribution < -0.4 is 0 Å². The Morgan fingerprint density at radius 2 is 0.682 bits per heavy atom. The lowest BCUT2D eigenvalue weighted by Gasteiger charge is -2.18. The molecule has 0 saturated carbocycles. The van der Waals surface area contributed by atoms with E-state index in [1.165, 1.54) is 6.42 Å². The molecule has 0 fully saturated rings. The molecular formula is C60H86O6. The largest absolute Gasteiger partial charge is 0.462 e. The highest BCUT2D eigenvalue weighted by Gasteiger charge is 2.19. The van der Waals surface area contributed by atoms with Crippen molar-refractivity contribution in [3.05, 3.63) is 182 Å². The van der Waals surface area contributed by atoms with Gasteiger partial charge in [0, 0.05) is 19.3 Å². The Morgan fingerprint density at radius 3 is 1.17 bits per heavy atom. The summed E-state index contributed by atoms with van der Waals surface area (Å²) in [4.78, 5) is 37.9. The van der Waals surface area contributed by atoms with E-state index in [1.54, 1.807) is 0 Å². The number of carbonyl (C=O) groups is 3. The Kier molecular flexibility index (Phi) is 47.8. The second-order valence-electron chi connectivity index (χ2n) is 15.5. The second kappa shape index (κ2) is 52.1. The normalized spacial score (nSPS) is 13.7. The van der Waals surface area contributed by atoms with E-state index in [9.17, 15) is 14.4 Å². The number of hydrogen-bond acceptors (Lipinski definition) is 6. The molecule has 0 N–H and O–H groups in total. The van der Waals surface area contributed by atoms with Gasteiger partial charge in [0.1, 0.15) is 13.2 Å². The Morgan fingerprint density at radius 1 is 0.333 bits per heavy atom. The summed E-state index contributed by atoms with van der Waals surface area (Å²) in [7, 11) is 0. The lowest BCUT2D eigenvalue weighted by molar-refractivity contribution is -0.167. The third kappa shape index (κ3) is 49.5. The molecule has 66 heavy (non-hydrogen) atoms. The zero-order chi connectivity index (χ0) is 47.9. The Labute approximate surface area is 402 Å². The number of unbranched alkanes of at least 4 members (excludes halogenated alkanes) is 8. The van der Waals surface area contributed by atoms with E-state index >= 15 is 0 Å². The molecule has 0 heterocycles. The summed E-state index contributed by atoms with van der Waals surface area (Å²) in [6.45, 7) is 6.11. The fraction of sp³-hybridized carbons (Fsp3) is 0.450. The maximum Gasteiger partial charge on any atom is 0.306 e. The summed E-state index contributed by atoms with van der Waals surface area (Å²) >= 11 is 0. The predicted octanol–water partition coefficient (Wildman–Crippen LogP) is 16.6. The van der Waals surface area contributed by atoms with Gasteiger partial charge >= 0.3 is 17.9 Å². The standard InChI is InChI=1S/C60H86O6/c1-4-7-10-13-16-19-22-25-27-29-31-32-35-38-41-44-47-50-53-59(62)65-56-57(55-64-58(61)52-49-46-43-40-37-34-24-21-18-15-12-9-6-3)66-60(63)54-51-48-45-42-39-36-33-30-28-26-23-20-17-14-11-8-5-2/h8-13,15-22,24-29,31-34,36-37,40,42-43,45,57H,4-7,14,23,30,35,38-39,41,44,46-56H2,1-3H3/b11-8-,12-9-,13-10-,18-15-,19-16-,20-17-,24-21-,25-22-,28-26-,29-27-,32-31-,36-33-,37-34-,43-40-,45-42-. The zero-order valence-electron chi connectivity index (χ0n) is 41.1. The van der Waals surface area contributed by atoms with E-state index in [4.69, 9.17) is 14.2 Å². The number of ether oxygens (including phenoxy) is 3. The van der Waals surface area contributed by atoms with Crippen molar-refractivity contribution in [1.29, 1.82) is 0 Å². The molecule has 0 rings (SSSR count). The average molecular weight is 903 g/mol. The molecule has 0 aromatic rings. The lowest BCUT2D eigenvalue weighted by atomic mass is 10.1. The van der Waals surface area contributed by atoms with E-state index in [0.717, 1.165) is 96.3 Å². The van der Waals surface area contributed by atoms with Crippen molar-refractivity contribution in [2.75, 3.05) is 13.2 Å². The van der Waals surface area contributed by atoms with Crippen LogP contribution in [-0.2, 0) is 28.6 Å². The van der Waals surface area contributed by atoms with Crippen molar-refractivity contribution >= 4 is 17.9 Å². The maximum atomic E-state index is 12.8. The molecule has 0 aliphatic rings. The van der Waals surface area contributed by atoms with Crippen molar-refractivity contribution in [1.82, 2.24) is 0 Å². The summed E-state index contributed by atoms with van der Waals surface area (Å²) in [6, 6.07) is 0. The molecule has 0 aromatic heterocycles. The molecule has 0 aromatic carbocycles. The minimum atomic E-state index is -0.858. The van der Waals surface area contributed by atoms with E-state index in [1.807, 2.05) is 91.1 Å². The molecule has 0 bridgehead atoms. The molecule has 6 nitrogen and oxygen atoms in total. The molecule has 0 saturated heterocycles. The van der Waals surface area contributed by atoms with Gasteiger partial charge in [0.2, 0.25) is 0 Å². The minimum absolute atomic E-state index is 0.148. The van der Waals surface area contributed by atoms with Crippen molar-refractivity contribution in [3.8, 4) is 0 Å². The van der Waals surface area contributed by atoms with Crippen LogP contribution in [0.3, 0.4) is 0 Å². The van der Waals surface area contributed by atoms with Gasteiger partial charge in [-0.05, 0) is 89.9 Å². The second-order valence-corrected chi connectivity index (χ2v) is 15.5. The van der Waals surface area contributed by atoms with E-state index in [-0.39, 0.29) is 38.0 Å². The molecule has 0 radical (unpaired) electrons. The quantitative estimate of drug-likeness (QED) is 0.0200. The third-order valence-electron chi connectivity index (χ3n) is 9.36. The highest BCUT2D eigenvalue weighted by molar-refractivity contribution is 5.71. The number of allylic oxidation sites excluding steroid dienone is 30. The minimum Gasteiger partial charge on any atom is -0.462 e. The molecule has 0 spiro atoms. The molecule has 0 amide bonds. The number of carbonyl (C=O) groups excluding carboxylic acids is 3. The first kappa shape index (κ1) is 60.5. The molecule has 1 unspecified atom stereocenters. The van der Waals surface area contributed by atoms with Crippen LogP contribution in [-0.4, -0.2) is 37.2 Å². The smallest absolute Gasteiger partial charge is 0.306 e. The molecule has 6 heteroatoms. The van der Waals surface area contributed by atoms with Gasteiger partial charge in [0.15, 0.2) is 6.10 Å². The highest BCUT2D eigenvalue weighted by atomic mass is 16.6. The third-order valence-corrected chi connectivity index (χ3v) is 9.36. The fourth-order valence-corrected chi connectivity index (χ4v) is 5.71. The van der Waals surface area contributed by atoms with Gasteiger partial charge in [-0.3, -0.25) is 14.4 Å². The van der Waals surface area contributed by atoms with Crippen LogP contribution >= 0.6 is 0 Å². The Hall–Kier alpha value is -5.49. The summed E-state index contributed by atoms with van der Waals surface area (Å²) in [5.41, 5.74) is 0. The van der Waals surface area contributed by atoms with Gasteiger partial charge < -0.3 is 14.2 Å². The van der Waals surface area contributed by atoms with Crippen LogP contribution in [0.5, 0.6) is 0 Å². The van der Waals surface area contributed by atoms with Gasteiger partial charge in [0.25, 0.3) is 0 Å². The van der Waals surface area contributed by atoms with E-state index in [0.29, 0.717) is 19.3 Å². The summed E-state index contributed by atoms with van der Waals surface area (Å²) in [5, 5.41) is 0. The number of rotatable bonds is 41. The molecule has 362 valence electrons. The Balaban J connectivity index is 4.68. The van der Waals surface area contributed by atoms with Gasteiger partial charge in [0.05, 0.1) is 0 Å².